The van der Waals surface area contributed by atoms with E-state index >= 15 is 0 Å². The molecular weight excluding hydrogens is 256 g/mol. The van der Waals surface area contributed by atoms with Crippen molar-refractivity contribution in [3.8, 4) is 6.07 Å². The highest BCUT2D eigenvalue weighted by Gasteiger charge is 2.15. The highest BCUT2D eigenvalue weighted by Crippen LogP contribution is 2.21. The fourth-order valence-electron chi connectivity index (χ4n) is 1.72. The molecule has 0 aromatic carbocycles. The molecule has 20 heavy (non-hydrogen) atoms. The number of pyridine rings is 1. The second-order valence-electron chi connectivity index (χ2n) is 4.00. The van der Waals surface area contributed by atoms with Gasteiger partial charge in [0.15, 0.2) is 0 Å². The van der Waals surface area contributed by atoms with E-state index in [1.54, 1.807) is 43.5 Å². The van der Waals surface area contributed by atoms with Gasteiger partial charge >= 0.3 is 5.97 Å². The van der Waals surface area contributed by atoms with Gasteiger partial charge in [0.1, 0.15) is 23.2 Å². The highest BCUT2D eigenvalue weighted by molar-refractivity contribution is 5.92. The molecule has 0 saturated carbocycles. The molecule has 0 aliphatic heterocycles. The van der Waals surface area contributed by atoms with Crippen molar-refractivity contribution in [3.05, 3.63) is 53.2 Å². The zero-order valence-electron chi connectivity index (χ0n) is 11.1. The third-order valence-corrected chi connectivity index (χ3v) is 2.69. The first-order valence-corrected chi connectivity index (χ1v) is 5.87. The van der Waals surface area contributed by atoms with Crippen LogP contribution in [0.4, 0.5) is 0 Å². The van der Waals surface area contributed by atoms with Crippen LogP contribution >= 0.6 is 0 Å². The molecule has 0 aliphatic carbocycles. The predicted molar refractivity (Wildman–Crippen MR) is 72.5 cm³/mol. The molecule has 0 saturated heterocycles. The minimum atomic E-state index is -0.470. The highest BCUT2D eigenvalue weighted by atomic mass is 16.5. The number of nitrogens with zero attached hydrogens (tertiary/aromatic N) is 2. The van der Waals surface area contributed by atoms with Crippen molar-refractivity contribution in [1.82, 2.24) is 4.98 Å². The van der Waals surface area contributed by atoms with E-state index in [0.29, 0.717) is 28.4 Å². The molecule has 0 bridgehead atoms. The Balaban J connectivity index is 2.40. The van der Waals surface area contributed by atoms with Crippen molar-refractivity contribution >= 4 is 17.6 Å². The Morgan fingerprint density at radius 3 is 2.90 bits per heavy atom. The average molecular weight is 268 g/mol. The van der Waals surface area contributed by atoms with E-state index in [-0.39, 0.29) is 0 Å². The van der Waals surface area contributed by atoms with Gasteiger partial charge in [0.2, 0.25) is 0 Å². The SMILES string of the molecule is COC(=O)c1cc(/C=C(\C#N)c2ccccn2)oc1C. The summed E-state index contributed by atoms with van der Waals surface area (Å²) in [6.07, 6.45) is 3.15. The number of furan rings is 1. The minimum absolute atomic E-state index is 0.345. The van der Waals surface area contributed by atoms with Crippen LogP contribution in [0.15, 0.2) is 34.9 Å². The summed E-state index contributed by atoms with van der Waals surface area (Å²) in [6, 6.07) is 8.89. The maximum Gasteiger partial charge on any atom is 0.341 e. The van der Waals surface area contributed by atoms with E-state index in [4.69, 9.17) is 4.42 Å². The number of esters is 1. The van der Waals surface area contributed by atoms with Crippen molar-refractivity contribution < 1.29 is 13.9 Å². The topological polar surface area (TPSA) is 76.1 Å². The summed E-state index contributed by atoms with van der Waals surface area (Å²) in [6.45, 7) is 1.66. The summed E-state index contributed by atoms with van der Waals surface area (Å²) < 4.78 is 10.1. The van der Waals surface area contributed by atoms with E-state index in [0.717, 1.165) is 0 Å². The molecule has 2 heterocycles. The number of aryl methyl sites for hydroxylation is 1. The summed E-state index contributed by atoms with van der Waals surface area (Å²) in [7, 11) is 1.30. The first kappa shape index (κ1) is 13.6. The molecule has 0 N–H and O–H groups in total. The summed E-state index contributed by atoms with van der Waals surface area (Å²) >= 11 is 0. The van der Waals surface area contributed by atoms with Crippen LogP contribution in [0.5, 0.6) is 0 Å². The average Bonchev–Trinajstić information content (AvgIpc) is 2.85. The molecule has 0 amide bonds. The number of aromatic nitrogens is 1. The lowest BCUT2D eigenvalue weighted by molar-refractivity contribution is 0.0599. The molecule has 5 heteroatoms. The normalized spacial score (nSPS) is 10.9. The predicted octanol–water partition coefficient (Wildman–Crippen LogP) is 2.83. The Labute approximate surface area is 116 Å². The van der Waals surface area contributed by atoms with Crippen LogP contribution in [-0.4, -0.2) is 18.1 Å². The second kappa shape index (κ2) is 5.85. The van der Waals surface area contributed by atoms with Gasteiger partial charge in [0.25, 0.3) is 0 Å². The largest absolute Gasteiger partial charge is 0.465 e. The number of rotatable bonds is 3. The van der Waals surface area contributed by atoms with Crippen LogP contribution < -0.4 is 0 Å². The first-order chi connectivity index (χ1) is 9.65. The quantitative estimate of drug-likeness (QED) is 0.632. The van der Waals surface area contributed by atoms with E-state index in [2.05, 4.69) is 15.8 Å². The number of carbonyl (C=O) groups excluding carboxylic acids is 1. The number of ether oxygens (including phenoxy) is 1. The Bertz CT molecular complexity index is 694. The van der Waals surface area contributed by atoms with Gasteiger partial charge in [-0.05, 0) is 25.1 Å². The van der Waals surface area contributed by atoms with Gasteiger partial charge in [-0.1, -0.05) is 6.07 Å². The van der Waals surface area contributed by atoms with Crippen LogP contribution in [0, 0.1) is 18.3 Å². The van der Waals surface area contributed by atoms with Crippen LogP contribution in [0.3, 0.4) is 0 Å². The number of carbonyl (C=O) groups is 1. The Hall–Kier alpha value is -2.87. The minimum Gasteiger partial charge on any atom is -0.465 e. The van der Waals surface area contributed by atoms with Crippen LogP contribution in [0.1, 0.15) is 27.6 Å². The van der Waals surface area contributed by atoms with Crippen LogP contribution in [0.25, 0.3) is 11.6 Å². The summed E-state index contributed by atoms with van der Waals surface area (Å²) in [5, 5.41) is 9.18. The van der Waals surface area contributed by atoms with Gasteiger partial charge in [-0.15, -0.1) is 0 Å². The van der Waals surface area contributed by atoms with Crippen molar-refractivity contribution in [1.29, 1.82) is 5.26 Å². The van der Waals surface area contributed by atoms with Gasteiger partial charge in [-0.25, -0.2) is 4.79 Å². The standard InChI is InChI=1S/C15H12N2O3/c1-10-13(15(18)19-2)8-12(20-10)7-11(9-16)14-5-3-4-6-17-14/h3-8H,1-2H3/b11-7+. The molecule has 0 spiro atoms. The van der Waals surface area contributed by atoms with Crippen molar-refractivity contribution in [2.24, 2.45) is 0 Å². The van der Waals surface area contributed by atoms with Crippen molar-refractivity contribution in [2.45, 2.75) is 6.92 Å². The molecular formula is C15H12N2O3. The fourth-order valence-corrected chi connectivity index (χ4v) is 1.72. The molecule has 5 nitrogen and oxygen atoms in total. The van der Waals surface area contributed by atoms with E-state index < -0.39 is 5.97 Å². The van der Waals surface area contributed by atoms with E-state index in [9.17, 15) is 10.1 Å². The van der Waals surface area contributed by atoms with Crippen molar-refractivity contribution in [2.75, 3.05) is 7.11 Å². The number of nitriles is 1. The second-order valence-corrected chi connectivity index (χ2v) is 4.00. The monoisotopic (exact) mass is 268 g/mol. The summed E-state index contributed by atoms with van der Waals surface area (Å²) in [5.41, 5.74) is 1.25. The molecule has 2 aromatic rings. The third-order valence-electron chi connectivity index (χ3n) is 2.69. The molecule has 0 unspecified atom stereocenters. The van der Waals surface area contributed by atoms with Crippen molar-refractivity contribution in [3.63, 3.8) is 0 Å². The molecule has 0 aliphatic rings. The van der Waals surface area contributed by atoms with Gasteiger partial charge in [-0.3, -0.25) is 4.98 Å². The van der Waals surface area contributed by atoms with Gasteiger partial charge in [-0.2, -0.15) is 5.26 Å². The van der Waals surface area contributed by atoms with Gasteiger partial charge in [0.05, 0.1) is 18.4 Å². The molecule has 2 rings (SSSR count). The Morgan fingerprint density at radius 2 is 2.30 bits per heavy atom. The third kappa shape index (κ3) is 2.75. The maximum atomic E-state index is 11.5. The number of allylic oxidation sites excluding steroid dienone is 1. The summed E-state index contributed by atoms with van der Waals surface area (Å²) in [4.78, 5) is 15.6. The molecule has 0 atom stereocenters. The molecule has 2 aromatic heterocycles. The zero-order valence-corrected chi connectivity index (χ0v) is 11.1. The number of hydrogen-bond donors (Lipinski definition) is 0. The maximum absolute atomic E-state index is 11.5. The lowest BCUT2D eigenvalue weighted by atomic mass is 10.1. The van der Waals surface area contributed by atoms with Crippen LogP contribution in [0.2, 0.25) is 0 Å². The number of methoxy groups -OCH3 is 1. The Morgan fingerprint density at radius 1 is 1.50 bits per heavy atom. The van der Waals surface area contributed by atoms with Gasteiger partial charge < -0.3 is 9.15 Å². The Kier molecular flexibility index (Phi) is 3.96. The molecule has 0 fully saturated rings. The van der Waals surface area contributed by atoms with E-state index in [1.165, 1.54) is 7.11 Å². The van der Waals surface area contributed by atoms with Gasteiger partial charge in [0, 0.05) is 12.3 Å². The smallest absolute Gasteiger partial charge is 0.341 e. The zero-order chi connectivity index (χ0) is 14.5. The lowest BCUT2D eigenvalue weighted by Gasteiger charge is -1.95. The number of hydrogen-bond acceptors (Lipinski definition) is 5. The fraction of sp³-hybridized carbons (Fsp3) is 0.133. The molecule has 0 radical (unpaired) electrons. The van der Waals surface area contributed by atoms with Crippen LogP contribution in [-0.2, 0) is 4.74 Å². The first-order valence-electron chi connectivity index (χ1n) is 5.87. The molecule has 100 valence electrons. The lowest BCUT2D eigenvalue weighted by Crippen LogP contribution is -2.00. The summed E-state index contributed by atoms with van der Waals surface area (Å²) in [5.74, 6) is 0.383. The van der Waals surface area contributed by atoms with E-state index in [1.807, 2.05) is 0 Å².